The summed E-state index contributed by atoms with van der Waals surface area (Å²) < 4.78 is 0. The van der Waals surface area contributed by atoms with E-state index in [1.165, 1.54) is 5.69 Å². The van der Waals surface area contributed by atoms with Crippen molar-refractivity contribution in [3.63, 3.8) is 0 Å². The zero-order valence-corrected chi connectivity index (χ0v) is 15.1. The van der Waals surface area contributed by atoms with Gasteiger partial charge in [-0.2, -0.15) is 5.10 Å². The molecule has 1 aliphatic heterocycles. The first kappa shape index (κ1) is 17.4. The van der Waals surface area contributed by atoms with Crippen molar-refractivity contribution in [3.8, 4) is 0 Å². The van der Waals surface area contributed by atoms with Gasteiger partial charge in [0, 0.05) is 55.5 Å². The smallest absolute Gasteiger partial charge is 0.244 e. The molecule has 2 aromatic heterocycles. The molecule has 25 heavy (non-hydrogen) atoms. The number of pyridine rings is 1. The Morgan fingerprint density at radius 2 is 2.04 bits per heavy atom. The Bertz CT molecular complexity index is 736. The van der Waals surface area contributed by atoms with Gasteiger partial charge in [0.25, 0.3) is 0 Å². The van der Waals surface area contributed by atoms with Crippen molar-refractivity contribution in [3.05, 3.63) is 41.0 Å². The van der Waals surface area contributed by atoms with Crippen LogP contribution in [0.2, 0.25) is 0 Å². The third kappa shape index (κ3) is 3.51. The lowest BCUT2D eigenvalue weighted by atomic mass is 10.0. The highest BCUT2D eigenvalue weighted by Gasteiger charge is 2.28. The SMILES string of the molecule is Cc1cnccc1N1CCCN(C(=O)[C@@H](N)c2c(C)n[nH]c2C)CC1. The average Bonchev–Trinajstić information content (AvgIpc) is 2.80. The topological polar surface area (TPSA) is 91.1 Å². The molecule has 1 saturated heterocycles. The molecule has 3 heterocycles. The van der Waals surface area contributed by atoms with Gasteiger partial charge in [0.2, 0.25) is 5.91 Å². The highest BCUT2D eigenvalue weighted by atomic mass is 16.2. The number of H-pyrrole nitrogens is 1. The number of carbonyl (C=O) groups excluding carboxylic acids is 1. The maximum absolute atomic E-state index is 12.9. The van der Waals surface area contributed by atoms with E-state index in [-0.39, 0.29) is 5.91 Å². The van der Waals surface area contributed by atoms with Gasteiger partial charge in [0.15, 0.2) is 0 Å². The van der Waals surface area contributed by atoms with Crippen LogP contribution in [0.25, 0.3) is 0 Å². The molecule has 0 aliphatic carbocycles. The highest BCUT2D eigenvalue weighted by molar-refractivity contribution is 5.83. The summed E-state index contributed by atoms with van der Waals surface area (Å²) >= 11 is 0. The number of anilines is 1. The highest BCUT2D eigenvalue weighted by Crippen LogP contribution is 2.23. The molecular weight excluding hydrogens is 316 g/mol. The molecule has 0 saturated carbocycles. The van der Waals surface area contributed by atoms with Crippen LogP contribution >= 0.6 is 0 Å². The van der Waals surface area contributed by atoms with E-state index in [9.17, 15) is 4.79 Å². The van der Waals surface area contributed by atoms with Gasteiger partial charge in [0.05, 0.1) is 5.69 Å². The minimum absolute atomic E-state index is 0.0269. The lowest BCUT2D eigenvalue weighted by Crippen LogP contribution is -2.41. The number of nitrogens with one attached hydrogen (secondary N) is 1. The standard InChI is InChI=1S/C18H26N6O/c1-12-11-20-6-5-15(12)23-7-4-8-24(10-9-23)18(25)17(19)16-13(2)21-22-14(16)3/h5-6,11,17H,4,7-10,19H2,1-3H3,(H,21,22)/t17-/m0/s1. The maximum Gasteiger partial charge on any atom is 0.244 e. The van der Waals surface area contributed by atoms with E-state index in [0.29, 0.717) is 6.54 Å². The number of rotatable bonds is 3. The molecule has 3 N–H and O–H groups in total. The van der Waals surface area contributed by atoms with Crippen LogP contribution in [0.1, 0.15) is 35.0 Å². The van der Waals surface area contributed by atoms with Crippen LogP contribution in [0.5, 0.6) is 0 Å². The molecule has 0 radical (unpaired) electrons. The number of aromatic amines is 1. The average molecular weight is 342 g/mol. The molecule has 0 bridgehead atoms. The van der Waals surface area contributed by atoms with Gasteiger partial charge >= 0.3 is 0 Å². The third-order valence-corrected chi connectivity index (χ3v) is 4.90. The molecule has 0 unspecified atom stereocenters. The quantitative estimate of drug-likeness (QED) is 0.881. The monoisotopic (exact) mass is 342 g/mol. The Labute approximate surface area is 148 Å². The summed E-state index contributed by atoms with van der Waals surface area (Å²) in [4.78, 5) is 21.3. The van der Waals surface area contributed by atoms with Gasteiger partial charge in [0.1, 0.15) is 6.04 Å². The van der Waals surface area contributed by atoms with Crippen LogP contribution in [-0.4, -0.2) is 52.2 Å². The zero-order chi connectivity index (χ0) is 18.0. The predicted octanol–water partition coefficient (Wildman–Crippen LogP) is 1.47. The van der Waals surface area contributed by atoms with E-state index in [1.54, 1.807) is 0 Å². The molecule has 1 fully saturated rings. The number of hydrogen-bond donors (Lipinski definition) is 2. The number of hydrogen-bond acceptors (Lipinski definition) is 5. The molecule has 0 spiro atoms. The number of amides is 1. The molecule has 1 amide bonds. The second kappa shape index (κ2) is 7.23. The zero-order valence-electron chi connectivity index (χ0n) is 15.1. The Kier molecular flexibility index (Phi) is 5.03. The van der Waals surface area contributed by atoms with Gasteiger partial charge in [-0.05, 0) is 38.8 Å². The number of aromatic nitrogens is 3. The summed E-state index contributed by atoms with van der Waals surface area (Å²) in [5.74, 6) is -0.0269. The van der Waals surface area contributed by atoms with Crippen LogP contribution in [0, 0.1) is 20.8 Å². The first-order valence-electron chi connectivity index (χ1n) is 8.70. The molecule has 7 nitrogen and oxygen atoms in total. The molecule has 7 heteroatoms. The van der Waals surface area contributed by atoms with Crippen molar-refractivity contribution in [2.45, 2.75) is 33.2 Å². The normalized spacial score (nSPS) is 16.6. The largest absolute Gasteiger partial charge is 0.369 e. The predicted molar refractivity (Wildman–Crippen MR) is 97.4 cm³/mol. The van der Waals surface area contributed by atoms with Crippen LogP contribution in [0.15, 0.2) is 18.5 Å². The fourth-order valence-corrected chi connectivity index (χ4v) is 3.54. The van der Waals surface area contributed by atoms with E-state index >= 15 is 0 Å². The van der Waals surface area contributed by atoms with Gasteiger partial charge < -0.3 is 15.5 Å². The van der Waals surface area contributed by atoms with Crippen molar-refractivity contribution in [2.75, 3.05) is 31.1 Å². The Balaban J connectivity index is 1.71. The van der Waals surface area contributed by atoms with E-state index in [0.717, 1.165) is 48.6 Å². The van der Waals surface area contributed by atoms with E-state index in [2.05, 4.69) is 27.0 Å². The van der Waals surface area contributed by atoms with Crippen molar-refractivity contribution >= 4 is 11.6 Å². The summed E-state index contributed by atoms with van der Waals surface area (Å²) in [6, 6.07) is 1.38. The lowest BCUT2D eigenvalue weighted by Gasteiger charge is -2.26. The summed E-state index contributed by atoms with van der Waals surface area (Å²) in [6.07, 6.45) is 4.61. The molecule has 1 atom stereocenters. The lowest BCUT2D eigenvalue weighted by molar-refractivity contribution is -0.132. The number of nitrogens with two attached hydrogens (primary N) is 1. The second-order valence-corrected chi connectivity index (χ2v) is 6.65. The molecule has 2 aromatic rings. The third-order valence-electron chi connectivity index (χ3n) is 4.90. The van der Waals surface area contributed by atoms with Gasteiger partial charge in [-0.15, -0.1) is 0 Å². The van der Waals surface area contributed by atoms with Crippen molar-refractivity contribution in [1.82, 2.24) is 20.1 Å². The molecule has 1 aliphatic rings. The number of aryl methyl sites for hydroxylation is 3. The fourth-order valence-electron chi connectivity index (χ4n) is 3.54. The maximum atomic E-state index is 12.9. The molecule has 134 valence electrons. The molecule has 0 aromatic carbocycles. The van der Waals surface area contributed by atoms with Crippen molar-refractivity contribution in [2.24, 2.45) is 5.73 Å². The summed E-state index contributed by atoms with van der Waals surface area (Å²) in [7, 11) is 0. The minimum Gasteiger partial charge on any atom is -0.369 e. The number of nitrogens with zero attached hydrogens (tertiary/aromatic N) is 4. The molecule has 3 rings (SSSR count). The number of carbonyl (C=O) groups is 1. The minimum atomic E-state index is -0.659. The second-order valence-electron chi connectivity index (χ2n) is 6.65. The Morgan fingerprint density at radius 3 is 2.72 bits per heavy atom. The Hall–Kier alpha value is -2.41. The van der Waals surface area contributed by atoms with Crippen LogP contribution < -0.4 is 10.6 Å². The van der Waals surface area contributed by atoms with E-state index < -0.39 is 6.04 Å². The first-order valence-corrected chi connectivity index (χ1v) is 8.70. The summed E-state index contributed by atoms with van der Waals surface area (Å²) in [5, 5.41) is 7.06. The van der Waals surface area contributed by atoms with Crippen LogP contribution in [0.3, 0.4) is 0 Å². The summed E-state index contributed by atoms with van der Waals surface area (Å²) in [5.41, 5.74) is 11.1. The Morgan fingerprint density at radius 1 is 1.24 bits per heavy atom. The first-order chi connectivity index (χ1) is 12.0. The van der Waals surface area contributed by atoms with Gasteiger partial charge in [-0.3, -0.25) is 14.9 Å². The van der Waals surface area contributed by atoms with Gasteiger partial charge in [-0.1, -0.05) is 0 Å². The van der Waals surface area contributed by atoms with E-state index in [4.69, 9.17) is 5.73 Å². The van der Waals surface area contributed by atoms with Gasteiger partial charge in [-0.25, -0.2) is 0 Å². The van der Waals surface area contributed by atoms with Crippen LogP contribution in [-0.2, 0) is 4.79 Å². The molecular formula is C18H26N6O. The summed E-state index contributed by atoms with van der Waals surface area (Å²) in [6.45, 7) is 8.96. The fraction of sp³-hybridized carbons (Fsp3) is 0.500. The van der Waals surface area contributed by atoms with Crippen molar-refractivity contribution in [1.29, 1.82) is 0 Å². The van der Waals surface area contributed by atoms with E-state index in [1.807, 2.05) is 37.2 Å². The van der Waals surface area contributed by atoms with Crippen molar-refractivity contribution < 1.29 is 4.79 Å². The van der Waals surface area contributed by atoms with Crippen LogP contribution in [0.4, 0.5) is 5.69 Å².